The van der Waals surface area contributed by atoms with Gasteiger partial charge in [0.1, 0.15) is 6.10 Å². The number of ether oxygens (including phenoxy) is 1. The minimum atomic E-state index is -0.878. The molecule has 3 unspecified atom stereocenters. The molecular weight excluding hydrogens is 564 g/mol. The Morgan fingerprint density at radius 2 is 1.67 bits per heavy atom. The summed E-state index contributed by atoms with van der Waals surface area (Å²) in [6.07, 6.45) is 11.4. The van der Waals surface area contributed by atoms with Crippen LogP contribution in [0, 0.1) is 56.7 Å². The highest BCUT2D eigenvalue weighted by Gasteiger charge is 2.71. The average Bonchev–Trinajstić information content (AvgIpc) is 3.59. The zero-order chi connectivity index (χ0) is 32.8. The molecule has 5 fully saturated rings. The highest BCUT2D eigenvalue weighted by molar-refractivity contribution is 5.73. The van der Waals surface area contributed by atoms with Gasteiger partial charge in [-0.3, -0.25) is 9.59 Å². The van der Waals surface area contributed by atoms with E-state index in [-0.39, 0.29) is 52.0 Å². The number of fused-ring (bicyclic) bond motifs is 7. The van der Waals surface area contributed by atoms with Crippen LogP contribution in [0.2, 0.25) is 0 Å². The zero-order valence-corrected chi connectivity index (χ0v) is 29.2. The van der Waals surface area contributed by atoms with Crippen molar-refractivity contribution in [1.29, 1.82) is 0 Å². The van der Waals surface area contributed by atoms with E-state index in [2.05, 4.69) is 68.7 Å². The van der Waals surface area contributed by atoms with Crippen molar-refractivity contribution in [1.82, 2.24) is 20.6 Å². The molecule has 0 saturated heterocycles. The maximum atomic E-state index is 13.2. The number of carbonyl (C=O) groups is 2. The van der Waals surface area contributed by atoms with Gasteiger partial charge in [-0.15, -0.1) is 10.2 Å². The van der Waals surface area contributed by atoms with E-state index in [0.717, 1.165) is 37.9 Å². The number of carboxylic acid groups (broad SMARTS) is 1. The van der Waals surface area contributed by atoms with Gasteiger partial charge in [-0.2, -0.15) is 5.21 Å². The van der Waals surface area contributed by atoms with Crippen molar-refractivity contribution in [3.05, 3.63) is 18.0 Å². The van der Waals surface area contributed by atoms with Crippen molar-refractivity contribution >= 4 is 11.9 Å². The Morgan fingerprint density at radius 1 is 0.933 bits per heavy atom. The fourth-order valence-corrected chi connectivity index (χ4v) is 13.2. The molecule has 250 valence electrons. The first-order valence-corrected chi connectivity index (χ1v) is 17.7. The molecule has 5 aliphatic rings. The summed E-state index contributed by atoms with van der Waals surface area (Å²) in [6.45, 7) is 23.0. The van der Waals surface area contributed by atoms with Crippen LogP contribution in [0.25, 0.3) is 0 Å². The van der Waals surface area contributed by atoms with Crippen molar-refractivity contribution in [3.63, 3.8) is 0 Å². The van der Waals surface area contributed by atoms with Crippen LogP contribution in [0.15, 0.2) is 12.2 Å². The third-order valence-electron chi connectivity index (χ3n) is 15.3. The number of carboxylic acids is 1. The van der Waals surface area contributed by atoms with E-state index in [1.165, 1.54) is 37.7 Å². The molecule has 0 aromatic carbocycles. The van der Waals surface area contributed by atoms with Crippen LogP contribution in [0.4, 0.5) is 0 Å². The van der Waals surface area contributed by atoms with Crippen molar-refractivity contribution in [3.8, 4) is 0 Å². The van der Waals surface area contributed by atoms with Crippen LogP contribution in [-0.2, 0) is 19.7 Å². The second-order valence-electron chi connectivity index (χ2n) is 18.3. The Balaban J connectivity index is 1.26. The molecule has 0 bridgehead atoms. The number of aromatic nitrogens is 4. The van der Waals surface area contributed by atoms with Crippen LogP contribution in [0.3, 0.4) is 0 Å². The lowest BCUT2D eigenvalue weighted by Gasteiger charge is -2.72. The second-order valence-corrected chi connectivity index (χ2v) is 18.3. The Bertz CT molecular complexity index is 1340. The van der Waals surface area contributed by atoms with Crippen LogP contribution in [0.5, 0.6) is 0 Å². The molecule has 8 heteroatoms. The summed E-state index contributed by atoms with van der Waals surface area (Å²) in [6, 6.07) is 0. The number of hydrogen-bond donors (Lipinski definition) is 2. The van der Waals surface area contributed by atoms with Gasteiger partial charge in [0.05, 0.1) is 12.8 Å². The second kappa shape index (κ2) is 10.6. The number of esters is 1. The van der Waals surface area contributed by atoms with Gasteiger partial charge in [-0.05, 0) is 122 Å². The van der Waals surface area contributed by atoms with Crippen LogP contribution >= 0.6 is 0 Å². The number of carbonyl (C=O) groups excluding carboxylic acids is 1. The van der Waals surface area contributed by atoms with E-state index >= 15 is 0 Å². The smallest absolute Gasteiger partial charge is 0.306 e. The number of hydrogen-bond acceptors (Lipinski definition) is 6. The monoisotopic (exact) mass is 622 g/mol. The molecule has 0 amide bonds. The highest BCUT2D eigenvalue weighted by Crippen LogP contribution is 2.77. The van der Waals surface area contributed by atoms with Gasteiger partial charge in [0.25, 0.3) is 0 Å². The number of allylic oxidation sites excluding steroid dienone is 1. The van der Waals surface area contributed by atoms with Crippen molar-refractivity contribution in [2.24, 2.45) is 56.7 Å². The topological polar surface area (TPSA) is 118 Å². The molecule has 2 N–H and O–H groups in total. The van der Waals surface area contributed by atoms with Gasteiger partial charge in [0.15, 0.2) is 5.82 Å². The molecule has 6 rings (SSSR count). The van der Waals surface area contributed by atoms with Crippen molar-refractivity contribution < 1.29 is 19.4 Å². The minimum absolute atomic E-state index is 0.00590. The Morgan fingerprint density at radius 3 is 2.31 bits per heavy atom. The number of nitrogens with zero attached hydrogens (tertiary/aromatic N) is 3. The number of nitrogens with one attached hydrogen (secondary N) is 1. The summed E-state index contributed by atoms with van der Waals surface area (Å²) < 4.78 is 6.25. The molecule has 45 heavy (non-hydrogen) atoms. The van der Waals surface area contributed by atoms with E-state index in [0.29, 0.717) is 29.6 Å². The molecule has 0 spiro atoms. The summed E-state index contributed by atoms with van der Waals surface area (Å²) in [5.74, 6) is 2.51. The van der Waals surface area contributed by atoms with E-state index in [4.69, 9.17) is 4.74 Å². The van der Waals surface area contributed by atoms with E-state index in [9.17, 15) is 14.7 Å². The average molecular weight is 623 g/mol. The lowest BCUT2D eigenvalue weighted by atomic mass is 9.32. The van der Waals surface area contributed by atoms with Gasteiger partial charge in [0.2, 0.25) is 0 Å². The van der Waals surface area contributed by atoms with Gasteiger partial charge < -0.3 is 9.84 Å². The molecule has 5 saturated carbocycles. The number of rotatable bonds is 7. The van der Waals surface area contributed by atoms with Gasteiger partial charge in [-0.25, -0.2) is 0 Å². The first kappa shape index (κ1) is 32.7. The highest BCUT2D eigenvalue weighted by atomic mass is 16.5. The van der Waals surface area contributed by atoms with Gasteiger partial charge >= 0.3 is 11.9 Å². The molecule has 5 aliphatic carbocycles. The summed E-state index contributed by atoms with van der Waals surface area (Å²) in [4.78, 5) is 24.5. The number of tetrazole rings is 1. The lowest BCUT2D eigenvalue weighted by molar-refractivity contribution is -0.246. The third kappa shape index (κ3) is 4.76. The number of aromatic amines is 1. The number of H-pyrrole nitrogens is 1. The van der Waals surface area contributed by atoms with Crippen molar-refractivity contribution in [2.75, 3.05) is 0 Å². The first-order chi connectivity index (χ1) is 20.9. The summed E-state index contributed by atoms with van der Waals surface area (Å²) in [5.41, 5.74) is 1.18. The van der Waals surface area contributed by atoms with E-state index in [1.54, 1.807) is 0 Å². The predicted octanol–water partition coefficient (Wildman–Crippen LogP) is 7.91. The molecule has 1 aromatic rings. The van der Waals surface area contributed by atoms with Gasteiger partial charge in [-0.1, -0.05) is 65.8 Å². The zero-order valence-electron chi connectivity index (χ0n) is 29.2. The molecule has 1 heterocycles. The normalized spacial score (nSPS) is 43.7. The van der Waals surface area contributed by atoms with Crippen LogP contribution < -0.4 is 0 Å². The summed E-state index contributed by atoms with van der Waals surface area (Å²) in [7, 11) is 0. The van der Waals surface area contributed by atoms with Crippen LogP contribution in [-0.4, -0.2) is 43.8 Å². The predicted molar refractivity (Wildman–Crippen MR) is 173 cm³/mol. The molecule has 10 atom stereocenters. The molecular formula is C37H58N4O4. The SMILES string of the molecule is C=C(C)[C@@H]1CC[C@]2(c3nn[nH]n3)CC[C@]3(C)[C@H](CCC4[C@@]5(C)CC[C@H](OC(=O)CC(C)(C)CC(=O)O)C(C)(C)C5CC[C@]43C)C12. The molecule has 0 aliphatic heterocycles. The van der Waals surface area contributed by atoms with Crippen LogP contribution in [0.1, 0.15) is 138 Å². The largest absolute Gasteiger partial charge is 0.481 e. The minimum Gasteiger partial charge on any atom is -0.481 e. The standard InChI is InChI=1S/C37H58N4O4/c1-22(2)23-12-17-37(31-38-40-41-39-31)19-18-35(8)24(30(23)37)10-11-26-34(7)15-14-27(33(5,6)25(34)13-16-36(26,35)9)45-29(44)21-32(3,4)20-28(42)43/h23-27,30H,1,10-21H2,2-9H3,(H,42,43)(H,38,39,40,41)/t23-,24+,25?,26?,27-,30?,34-,35+,36+,37-/m0/s1. The number of aliphatic carboxylic acids is 1. The maximum absolute atomic E-state index is 13.2. The van der Waals surface area contributed by atoms with Gasteiger partial charge in [0, 0.05) is 10.8 Å². The Hall–Kier alpha value is -2.25. The Kier molecular flexibility index (Phi) is 7.72. The fourth-order valence-electron chi connectivity index (χ4n) is 13.2. The Labute approximate surface area is 270 Å². The van der Waals surface area contributed by atoms with E-state index in [1.807, 2.05) is 13.8 Å². The molecule has 1 aromatic heterocycles. The fraction of sp³-hybridized carbons (Fsp3) is 0.865. The summed E-state index contributed by atoms with van der Waals surface area (Å²) >= 11 is 0. The molecule has 8 nitrogen and oxygen atoms in total. The van der Waals surface area contributed by atoms with Crippen molar-refractivity contribution in [2.45, 2.75) is 144 Å². The third-order valence-corrected chi connectivity index (χ3v) is 15.3. The summed E-state index contributed by atoms with van der Waals surface area (Å²) in [5, 5.41) is 25.4. The lowest BCUT2D eigenvalue weighted by Crippen LogP contribution is -2.67. The first-order valence-electron chi connectivity index (χ1n) is 17.7. The quantitative estimate of drug-likeness (QED) is 0.234. The maximum Gasteiger partial charge on any atom is 0.306 e. The van der Waals surface area contributed by atoms with E-state index < -0.39 is 11.4 Å². The molecule has 0 radical (unpaired) electrons.